The molecular weight excluding hydrogens is 392 g/mol. The maximum atomic E-state index is 13.7. The number of rotatable bonds is 5. The van der Waals surface area contributed by atoms with E-state index in [2.05, 4.69) is 10.2 Å². The van der Waals surface area contributed by atoms with Crippen LogP contribution in [-0.2, 0) is 20.4 Å². The van der Waals surface area contributed by atoms with Crippen molar-refractivity contribution in [2.45, 2.75) is 39.0 Å². The van der Waals surface area contributed by atoms with E-state index in [9.17, 15) is 22.4 Å². The second-order valence-electron chi connectivity index (χ2n) is 6.69. The van der Waals surface area contributed by atoms with Gasteiger partial charge >= 0.3 is 12.1 Å². The maximum Gasteiger partial charge on any atom is 0.416 e. The number of methoxy groups -OCH3 is 1. The van der Waals surface area contributed by atoms with E-state index >= 15 is 0 Å². The van der Waals surface area contributed by atoms with E-state index < -0.39 is 41.1 Å². The van der Waals surface area contributed by atoms with Crippen LogP contribution in [0.4, 0.5) is 17.6 Å². The van der Waals surface area contributed by atoms with Crippen LogP contribution in [0, 0.1) is 12.4 Å². The van der Waals surface area contributed by atoms with E-state index in [1.54, 1.807) is 13.8 Å². The van der Waals surface area contributed by atoms with Crippen LogP contribution in [0.5, 0.6) is 0 Å². The van der Waals surface area contributed by atoms with E-state index in [0.717, 1.165) is 12.1 Å². The van der Waals surface area contributed by atoms with E-state index in [0.29, 0.717) is 6.07 Å². The smallest absolute Gasteiger partial charge is 0.416 e. The van der Waals surface area contributed by atoms with Crippen molar-refractivity contribution in [2.75, 3.05) is 13.7 Å². The van der Waals surface area contributed by atoms with Gasteiger partial charge in [0.2, 0.25) is 0 Å². The monoisotopic (exact) mass is 412 g/mol. The fraction of sp³-hybridized carbons (Fsp3) is 0.400. The third-order valence-corrected chi connectivity index (χ3v) is 4.21. The average Bonchev–Trinajstić information content (AvgIpc) is 2.60. The summed E-state index contributed by atoms with van der Waals surface area (Å²) in [6.45, 7) is 12.1. The quantitative estimate of drug-likeness (QED) is 0.439. The molecule has 2 rings (SSSR count). The largest absolute Gasteiger partial charge is 0.460 e. The van der Waals surface area contributed by atoms with Crippen molar-refractivity contribution in [3.63, 3.8) is 0 Å². The molecule has 0 saturated carbocycles. The number of hydrogen-bond acceptors (Lipinski definition) is 4. The number of hydrogen-bond donors (Lipinski definition) is 1. The van der Waals surface area contributed by atoms with Gasteiger partial charge in [0.1, 0.15) is 5.82 Å². The number of nitrogens with zero attached hydrogens (tertiary/aromatic N) is 1. The van der Waals surface area contributed by atoms with Crippen LogP contribution in [0.1, 0.15) is 37.8 Å². The Morgan fingerprint density at radius 3 is 2.52 bits per heavy atom. The minimum atomic E-state index is -4.89. The Morgan fingerprint density at radius 2 is 2.00 bits per heavy atom. The fourth-order valence-electron chi connectivity index (χ4n) is 3.14. The van der Waals surface area contributed by atoms with Gasteiger partial charge in [0.15, 0.2) is 5.70 Å². The molecular formula is C20H20F4N2O3. The van der Waals surface area contributed by atoms with Gasteiger partial charge in [-0.3, -0.25) is 0 Å². The molecule has 0 bridgehead atoms. The summed E-state index contributed by atoms with van der Waals surface area (Å²) in [5, 5.41) is 2.86. The topological polar surface area (TPSA) is 51.9 Å². The Labute approximate surface area is 165 Å². The maximum absolute atomic E-state index is 13.7. The molecule has 1 atom stereocenters. The van der Waals surface area contributed by atoms with Gasteiger partial charge in [-0.1, -0.05) is 6.07 Å². The van der Waals surface area contributed by atoms with Gasteiger partial charge in [-0.2, -0.15) is 13.2 Å². The summed E-state index contributed by atoms with van der Waals surface area (Å²) < 4.78 is 64.9. The number of benzene rings is 1. The van der Waals surface area contributed by atoms with Crippen molar-refractivity contribution < 1.29 is 31.8 Å². The number of halogens is 4. The minimum Gasteiger partial charge on any atom is -0.460 e. The van der Waals surface area contributed by atoms with Gasteiger partial charge in [0, 0.05) is 12.8 Å². The molecule has 9 heteroatoms. The lowest BCUT2D eigenvalue weighted by molar-refractivity contribution is -0.143. The van der Waals surface area contributed by atoms with E-state index in [-0.39, 0.29) is 29.3 Å². The number of nitrogens with one attached hydrogen (secondary N) is 1. The Hall–Kier alpha value is -2.86. The molecule has 1 aromatic rings. The van der Waals surface area contributed by atoms with Crippen LogP contribution in [0.2, 0.25) is 0 Å². The standard InChI is InChI=1S/C20H20F4N2O3/c1-10(2)29-19(27)17-15(9-28-5)26-11(3)18(25-4)16(17)13-7-6-12(21)8-14(13)20(22,23)24/h6-8,10,16,26H,9H2,1-3,5H3. The van der Waals surface area contributed by atoms with Gasteiger partial charge < -0.3 is 14.8 Å². The van der Waals surface area contributed by atoms with Gasteiger partial charge in [-0.25, -0.2) is 14.0 Å². The molecule has 0 fully saturated rings. The lowest BCUT2D eigenvalue weighted by Gasteiger charge is -2.31. The third kappa shape index (κ3) is 4.77. The molecule has 1 heterocycles. The first-order valence-electron chi connectivity index (χ1n) is 8.66. The van der Waals surface area contributed by atoms with Crippen molar-refractivity contribution in [3.05, 3.63) is 69.2 Å². The van der Waals surface area contributed by atoms with Crippen molar-refractivity contribution in [1.82, 2.24) is 5.32 Å². The molecule has 0 aromatic heterocycles. The molecule has 5 nitrogen and oxygen atoms in total. The summed E-state index contributed by atoms with van der Waals surface area (Å²) in [5.74, 6) is -3.34. The predicted octanol–water partition coefficient (Wildman–Crippen LogP) is 4.53. The van der Waals surface area contributed by atoms with Gasteiger partial charge in [0.25, 0.3) is 0 Å². The number of allylic oxidation sites excluding steroid dienone is 2. The summed E-state index contributed by atoms with van der Waals surface area (Å²) in [6.07, 6.45) is -5.43. The molecule has 1 aromatic carbocycles. The zero-order chi connectivity index (χ0) is 21.9. The van der Waals surface area contributed by atoms with Crippen molar-refractivity contribution >= 4 is 5.97 Å². The molecule has 0 amide bonds. The first-order chi connectivity index (χ1) is 13.5. The summed E-state index contributed by atoms with van der Waals surface area (Å²) in [5.41, 5.74) is -1.49. The highest BCUT2D eigenvalue weighted by Crippen LogP contribution is 2.44. The molecule has 156 valence electrons. The van der Waals surface area contributed by atoms with E-state index in [1.807, 2.05) is 0 Å². The van der Waals surface area contributed by atoms with Crippen LogP contribution in [-0.4, -0.2) is 25.8 Å². The van der Waals surface area contributed by atoms with Crippen LogP contribution in [0.15, 0.2) is 40.9 Å². The molecule has 0 aliphatic carbocycles. The number of alkyl halides is 3. The summed E-state index contributed by atoms with van der Waals surface area (Å²) in [4.78, 5) is 16.2. The molecule has 1 aliphatic heterocycles. The van der Waals surface area contributed by atoms with Crippen LogP contribution >= 0.6 is 0 Å². The Morgan fingerprint density at radius 1 is 1.34 bits per heavy atom. The lowest BCUT2D eigenvalue weighted by atomic mass is 9.81. The number of carbonyl (C=O) groups excluding carboxylic acids is 1. The van der Waals surface area contributed by atoms with E-state index in [1.165, 1.54) is 14.0 Å². The average molecular weight is 412 g/mol. The zero-order valence-corrected chi connectivity index (χ0v) is 16.3. The Balaban J connectivity index is 2.83. The predicted molar refractivity (Wildman–Crippen MR) is 96.7 cm³/mol. The minimum absolute atomic E-state index is 0.113. The molecule has 1 aliphatic rings. The van der Waals surface area contributed by atoms with Crippen molar-refractivity contribution in [2.24, 2.45) is 0 Å². The lowest BCUT2D eigenvalue weighted by Crippen LogP contribution is -2.32. The number of ether oxygens (including phenoxy) is 2. The summed E-state index contributed by atoms with van der Waals surface area (Å²) >= 11 is 0. The van der Waals surface area contributed by atoms with Crippen LogP contribution < -0.4 is 5.32 Å². The Kier molecular flexibility index (Phi) is 6.69. The number of dihydropyridines is 1. The highest BCUT2D eigenvalue weighted by molar-refractivity contribution is 5.93. The Bertz CT molecular complexity index is 911. The second-order valence-corrected chi connectivity index (χ2v) is 6.69. The second kappa shape index (κ2) is 8.66. The number of carbonyl (C=O) groups is 1. The molecule has 29 heavy (non-hydrogen) atoms. The van der Waals surface area contributed by atoms with Crippen LogP contribution in [0.3, 0.4) is 0 Å². The van der Waals surface area contributed by atoms with Crippen molar-refractivity contribution in [1.29, 1.82) is 0 Å². The number of esters is 1. The fourth-order valence-corrected chi connectivity index (χ4v) is 3.14. The molecule has 1 unspecified atom stereocenters. The SMILES string of the molecule is [C-]#[N+]C1=C(C)NC(COC)=C(C(=O)OC(C)C)C1c1ccc(F)cc1C(F)(F)F. The first-order valence-corrected chi connectivity index (χ1v) is 8.66. The van der Waals surface area contributed by atoms with Gasteiger partial charge in [0.05, 0.1) is 42.0 Å². The van der Waals surface area contributed by atoms with E-state index in [4.69, 9.17) is 16.0 Å². The first kappa shape index (κ1) is 22.4. The van der Waals surface area contributed by atoms with Crippen molar-refractivity contribution in [3.8, 4) is 0 Å². The molecule has 0 spiro atoms. The summed E-state index contributed by atoms with van der Waals surface area (Å²) in [6, 6.07) is 2.17. The highest BCUT2D eigenvalue weighted by Gasteiger charge is 2.42. The third-order valence-electron chi connectivity index (χ3n) is 4.21. The molecule has 0 saturated heterocycles. The zero-order valence-electron chi connectivity index (χ0n) is 16.3. The van der Waals surface area contributed by atoms with Gasteiger partial charge in [-0.05, 0) is 38.5 Å². The van der Waals surface area contributed by atoms with Gasteiger partial charge in [-0.15, -0.1) is 0 Å². The highest BCUT2D eigenvalue weighted by atomic mass is 19.4. The van der Waals surface area contributed by atoms with Crippen LogP contribution in [0.25, 0.3) is 4.85 Å². The molecule has 1 N–H and O–H groups in total. The normalized spacial score (nSPS) is 17.3. The summed E-state index contributed by atoms with van der Waals surface area (Å²) in [7, 11) is 1.36. The molecule has 0 radical (unpaired) electrons.